The van der Waals surface area contributed by atoms with Gasteiger partial charge in [-0.15, -0.1) is 11.6 Å². The first-order valence-corrected chi connectivity index (χ1v) is 5.26. The fraction of sp³-hybridized carbons (Fsp3) is 1.00. The summed E-state index contributed by atoms with van der Waals surface area (Å²) in [5.41, 5.74) is 0.633. The van der Waals surface area contributed by atoms with E-state index in [0.717, 1.165) is 5.88 Å². The number of alkyl halides is 1. The van der Waals surface area contributed by atoms with Crippen molar-refractivity contribution in [2.24, 2.45) is 11.3 Å². The zero-order valence-electron chi connectivity index (χ0n) is 7.70. The molecule has 1 unspecified atom stereocenters. The summed E-state index contributed by atoms with van der Waals surface area (Å²) in [6, 6.07) is 0. The Kier molecular flexibility index (Phi) is 3.24. The van der Waals surface area contributed by atoms with Crippen LogP contribution in [0.2, 0.25) is 0 Å². The van der Waals surface area contributed by atoms with Gasteiger partial charge < -0.3 is 0 Å². The summed E-state index contributed by atoms with van der Waals surface area (Å²) in [5.74, 6) is 1.54. The van der Waals surface area contributed by atoms with Crippen molar-refractivity contribution in [2.75, 3.05) is 5.88 Å². The minimum Gasteiger partial charge on any atom is -0.126 e. The third-order valence-electron chi connectivity index (χ3n) is 2.92. The van der Waals surface area contributed by atoms with Gasteiger partial charge in [-0.1, -0.05) is 26.7 Å². The highest BCUT2D eigenvalue weighted by Gasteiger charge is 2.29. The summed E-state index contributed by atoms with van der Waals surface area (Å²) in [5, 5.41) is 0. The van der Waals surface area contributed by atoms with Gasteiger partial charge in [-0.3, -0.25) is 0 Å². The van der Waals surface area contributed by atoms with E-state index < -0.39 is 0 Å². The highest BCUT2D eigenvalue weighted by atomic mass is 35.5. The van der Waals surface area contributed by atoms with Gasteiger partial charge in [-0.25, -0.2) is 0 Å². The maximum Gasteiger partial charge on any atom is 0.0249 e. The normalized spacial score (nSPS) is 25.4. The number of halogens is 1. The van der Waals surface area contributed by atoms with E-state index in [1.807, 2.05) is 0 Å². The average Bonchev–Trinajstić information content (AvgIpc) is 2.36. The Morgan fingerprint density at radius 1 is 1.36 bits per heavy atom. The molecular weight excluding hydrogens is 156 g/mol. The molecule has 0 bridgehead atoms. The van der Waals surface area contributed by atoms with Crippen LogP contribution in [0.5, 0.6) is 0 Å². The summed E-state index contributed by atoms with van der Waals surface area (Å²) in [4.78, 5) is 0. The second-order valence-corrected chi connectivity index (χ2v) is 4.79. The van der Waals surface area contributed by atoms with Gasteiger partial charge in [0, 0.05) is 5.88 Å². The molecule has 0 radical (unpaired) electrons. The zero-order valence-corrected chi connectivity index (χ0v) is 8.45. The largest absolute Gasteiger partial charge is 0.126 e. The minimum atomic E-state index is 0.633. The summed E-state index contributed by atoms with van der Waals surface area (Å²) in [6.07, 6.45) is 7.05. The smallest absolute Gasteiger partial charge is 0.0249 e. The Hall–Kier alpha value is 0.290. The second-order valence-electron chi connectivity index (χ2n) is 4.48. The van der Waals surface area contributed by atoms with Gasteiger partial charge in [0.05, 0.1) is 0 Å². The van der Waals surface area contributed by atoms with E-state index in [1.165, 1.54) is 32.1 Å². The topological polar surface area (TPSA) is 0 Å². The highest BCUT2D eigenvalue weighted by molar-refractivity contribution is 6.18. The average molecular weight is 175 g/mol. The molecule has 1 saturated carbocycles. The molecular formula is C10H19Cl. The van der Waals surface area contributed by atoms with Crippen molar-refractivity contribution in [1.29, 1.82) is 0 Å². The monoisotopic (exact) mass is 174 g/mol. The van der Waals surface area contributed by atoms with E-state index in [-0.39, 0.29) is 0 Å². The van der Waals surface area contributed by atoms with Crippen molar-refractivity contribution in [3.05, 3.63) is 0 Å². The summed E-state index contributed by atoms with van der Waals surface area (Å²) < 4.78 is 0. The summed E-state index contributed by atoms with van der Waals surface area (Å²) in [7, 11) is 0. The van der Waals surface area contributed by atoms with E-state index in [0.29, 0.717) is 11.3 Å². The SMILES string of the molecule is CC(CCl)CC1(C)CCCC1. The molecule has 66 valence electrons. The van der Waals surface area contributed by atoms with Crippen molar-refractivity contribution < 1.29 is 0 Å². The van der Waals surface area contributed by atoms with Crippen LogP contribution in [-0.4, -0.2) is 5.88 Å². The molecule has 0 amide bonds. The Morgan fingerprint density at radius 3 is 2.36 bits per heavy atom. The fourth-order valence-corrected chi connectivity index (χ4v) is 2.44. The van der Waals surface area contributed by atoms with E-state index in [4.69, 9.17) is 11.6 Å². The zero-order chi connectivity index (χ0) is 8.32. The molecule has 1 rings (SSSR count). The Labute approximate surface area is 75.3 Å². The predicted octanol–water partition coefficient (Wildman–Crippen LogP) is 3.83. The highest BCUT2D eigenvalue weighted by Crippen LogP contribution is 2.42. The Bertz CT molecular complexity index is 114. The maximum absolute atomic E-state index is 5.79. The third-order valence-corrected chi connectivity index (χ3v) is 3.44. The van der Waals surface area contributed by atoms with Crippen LogP contribution in [0.15, 0.2) is 0 Å². The molecule has 0 aromatic rings. The molecule has 11 heavy (non-hydrogen) atoms. The lowest BCUT2D eigenvalue weighted by atomic mass is 9.81. The van der Waals surface area contributed by atoms with Crippen molar-refractivity contribution >= 4 is 11.6 Å². The maximum atomic E-state index is 5.79. The Balaban J connectivity index is 2.33. The first-order chi connectivity index (χ1) is 5.16. The van der Waals surface area contributed by atoms with Gasteiger partial charge in [0.2, 0.25) is 0 Å². The van der Waals surface area contributed by atoms with Crippen LogP contribution in [0.3, 0.4) is 0 Å². The van der Waals surface area contributed by atoms with Crippen LogP contribution < -0.4 is 0 Å². The molecule has 1 heteroatoms. The molecule has 0 N–H and O–H groups in total. The second kappa shape index (κ2) is 3.80. The first-order valence-electron chi connectivity index (χ1n) is 4.72. The van der Waals surface area contributed by atoms with E-state index in [1.54, 1.807) is 0 Å². The molecule has 0 nitrogen and oxygen atoms in total. The van der Waals surface area contributed by atoms with Crippen LogP contribution >= 0.6 is 11.6 Å². The van der Waals surface area contributed by atoms with Gasteiger partial charge in [0.1, 0.15) is 0 Å². The van der Waals surface area contributed by atoms with E-state index in [2.05, 4.69) is 13.8 Å². The van der Waals surface area contributed by atoms with Crippen molar-refractivity contribution in [1.82, 2.24) is 0 Å². The molecule has 1 aliphatic rings. The van der Waals surface area contributed by atoms with Crippen LogP contribution in [0.25, 0.3) is 0 Å². The van der Waals surface area contributed by atoms with E-state index in [9.17, 15) is 0 Å². The number of hydrogen-bond donors (Lipinski definition) is 0. The van der Waals surface area contributed by atoms with Gasteiger partial charge >= 0.3 is 0 Å². The third kappa shape index (κ3) is 2.66. The standard InChI is InChI=1S/C10H19Cl/c1-9(8-11)7-10(2)5-3-4-6-10/h9H,3-8H2,1-2H3. The minimum absolute atomic E-state index is 0.633. The Morgan fingerprint density at radius 2 is 1.91 bits per heavy atom. The van der Waals surface area contributed by atoms with Gasteiger partial charge in [-0.2, -0.15) is 0 Å². The molecule has 0 saturated heterocycles. The molecule has 0 heterocycles. The molecule has 1 aliphatic carbocycles. The molecule has 1 fully saturated rings. The molecule has 0 aliphatic heterocycles. The molecule has 1 atom stereocenters. The van der Waals surface area contributed by atoms with Gasteiger partial charge in [0.25, 0.3) is 0 Å². The van der Waals surface area contributed by atoms with E-state index >= 15 is 0 Å². The lowest BCUT2D eigenvalue weighted by Gasteiger charge is -2.26. The lowest BCUT2D eigenvalue weighted by molar-refractivity contribution is 0.267. The summed E-state index contributed by atoms with van der Waals surface area (Å²) >= 11 is 5.79. The van der Waals surface area contributed by atoms with Crippen molar-refractivity contribution in [2.45, 2.75) is 46.0 Å². The van der Waals surface area contributed by atoms with Crippen molar-refractivity contribution in [3.8, 4) is 0 Å². The van der Waals surface area contributed by atoms with Crippen LogP contribution in [0.4, 0.5) is 0 Å². The number of rotatable bonds is 3. The van der Waals surface area contributed by atoms with Crippen LogP contribution in [-0.2, 0) is 0 Å². The first kappa shape index (κ1) is 9.38. The number of hydrogen-bond acceptors (Lipinski definition) is 0. The van der Waals surface area contributed by atoms with Crippen molar-refractivity contribution in [3.63, 3.8) is 0 Å². The van der Waals surface area contributed by atoms with Gasteiger partial charge in [0.15, 0.2) is 0 Å². The lowest BCUT2D eigenvalue weighted by Crippen LogP contribution is -2.15. The quantitative estimate of drug-likeness (QED) is 0.571. The van der Waals surface area contributed by atoms with Crippen LogP contribution in [0, 0.1) is 11.3 Å². The molecule has 0 spiro atoms. The molecule has 0 aromatic heterocycles. The summed E-state index contributed by atoms with van der Waals surface area (Å²) in [6.45, 7) is 4.68. The fourth-order valence-electron chi connectivity index (χ4n) is 2.33. The van der Waals surface area contributed by atoms with Gasteiger partial charge in [-0.05, 0) is 30.6 Å². The molecule has 0 aromatic carbocycles. The predicted molar refractivity (Wildman–Crippen MR) is 51.1 cm³/mol. The van der Waals surface area contributed by atoms with Crippen LogP contribution in [0.1, 0.15) is 46.0 Å².